The van der Waals surface area contributed by atoms with E-state index in [0.717, 1.165) is 0 Å². The van der Waals surface area contributed by atoms with Crippen LogP contribution in [0, 0.1) is 0 Å². The van der Waals surface area contributed by atoms with Crippen LogP contribution in [-0.4, -0.2) is 37.2 Å². The fourth-order valence-corrected chi connectivity index (χ4v) is 5.24. The maximum Gasteiger partial charge on any atom is 0.408 e. The molecule has 3 amide bonds. The molecule has 3 N–H and O–H groups in total. The number of urea groups is 1. The van der Waals surface area contributed by atoms with E-state index in [0.29, 0.717) is 16.9 Å². The Bertz CT molecular complexity index is 1660. The molecule has 9 nitrogen and oxygen atoms in total. The van der Waals surface area contributed by atoms with Crippen molar-refractivity contribution in [3.63, 3.8) is 0 Å². The number of carbonyl (C=O) groups excluding carboxylic acids is 1. The van der Waals surface area contributed by atoms with Crippen LogP contribution in [0.5, 0.6) is 0 Å². The maximum absolute atomic E-state index is 13.9. The zero-order valence-corrected chi connectivity index (χ0v) is 24.3. The van der Waals surface area contributed by atoms with E-state index >= 15 is 0 Å². The normalized spacial score (nSPS) is 12.2. The van der Waals surface area contributed by atoms with Crippen LogP contribution in [0.1, 0.15) is 39.6 Å². The van der Waals surface area contributed by atoms with Gasteiger partial charge in [0.05, 0.1) is 43.4 Å². The number of hydrogen-bond donors (Lipinski definition) is 3. The van der Waals surface area contributed by atoms with E-state index in [1.54, 1.807) is 88.4 Å². The third-order valence-corrected chi connectivity index (χ3v) is 7.07. The topological polar surface area (TPSA) is 117 Å². The van der Waals surface area contributed by atoms with Crippen molar-refractivity contribution < 1.29 is 14.7 Å². The number of rotatable bonds is 5. The van der Waals surface area contributed by atoms with Crippen molar-refractivity contribution in [1.82, 2.24) is 14.5 Å². The van der Waals surface area contributed by atoms with Gasteiger partial charge in [-0.05, 0) is 70.2 Å². The summed E-state index contributed by atoms with van der Waals surface area (Å²) in [5.41, 5.74) is -0.0290. The number of anilines is 2. The minimum Gasteiger partial charge on any atom is -0.465 e. The zero-order valence-electron chi connectivity index (χ0n) is 22.0. The molecule has 208 valence electrons. The van der Waals surface area contributed by atoms with E-state index < -0.39 is 29.3 Å². The van der Waals surface area contributed by atoms with Gasteiger partial charge in [0.2, 0.25) is 0 Å². The van der Waals surface area contributed by atoms with Gasteiger partial charge in [-0.3, -0.25) is 14.3 Å². The first-order valence-corrected chi connectivity index (χ1v) is 13.3. The molecule has 0 spiro atoms. The number of nitrogens with zero attached hydrogens (tertiary/aromatic N) is 3. The summed E-state index contributed by atoms with van der Waals surface area (Å²) in [5, 5.41) is 16.3. The molecule has 3 aromatic carbocycles. The van der Waals surface area contributed by atoms with Crippen molar-refractivity contribution in [3.8, 4) is 5.69 Å². The first-order valence-electron chi connectivity index (χ1n) is 12.2. The molecule has 40 heavy (non-hydrogen) atoms. The zero-order chi connectivity index (χ0) is 29.4. The Morgan fingerprint density at radius 1 is 0.950 bits per heavy atom. The third kappa shape index (κ3) is 5.86. The Labute approximate surface area is 245 Å². The second kappa shape index (κ2) is 11.4. The number of nitrogens with one attached hydrogen (secondary N) is 2. The van der Waals surface area contributed by atoms with Gasteiger partial charge in [-0.2, -0.15) is 0 Å². The van der Waals surface area contributed by atoms with Crippen molar-refractivity contribution in [2.45, 2.75) is 39.3 Å². The lowest BCUT2D eigenvalue weighted by molar-refractivity contribution is 0.0719. The molecule has 4 rings (SSSR count). The summed E-state index contributed by atoms with van der Waals surface area (Å²) in [6, 6.07) is 14.8. The fourth-order valence-electron chi connectivity index (χ4n) is 4.50. The van der Waals surface area contributed by atoms with E-state index in [1.807, 2.05) is 0 Å². The van der Waals surface area contributed by atoms with Gasteiger partial charge in [-0.1, -0.05) is 53.0 Å². The monoisotopic (exact) mass is 601 g/mol. The predicted octanol–water partition coefficient (Wildman–Crippen LogP) is 7.83. The first kappa shape index (κ1) is 29.2. The number of fused-ring (bicyclic) bond motifs is 1. The lowest BCUT2D eigenvalue weighted by atomic mass is 10.0. The molecule has 1 heterocycles. The summed E-state index contributed by atoms with van der Waals surface area (Å²) in [6.45, 7) is 6.93. The van der Waals surface area contributed by atoms with Gasteiger partial charge < -0.3 is 15.7 Å². The Balaban J connectivity index is 1.83. The van der Waals surface area contributed by atoms with Crippen molar-refractivity contribution in [2.24, 2.45) is 0 Å². The molecule has 0 aliphatic carbocycles. The number of aromatic nitrogens is 2. The molecule has 0 radical (unpaired) electrons. The lowest BCUT2D eigenvalue weighted by Crippen LogP contribution is -2.47. The highest BCUT2D eigenvalue weighted by Crippen LogP contribution is 2.32. The van der Waals surface area contributed by atoms with Gasteiger partial charge in [0.1, 0.15) is 5.82 Å². The number of carboxylic acid groups (broad SMARTS) is 1. The van der Waals surface area contributed by atoms with Gasteiger partial charge in [-0.15, -0.1) is 0 Å². The van der Waals surface area contributed by atoms with Gasteiger partial charge >= 0.3 is 12.1 Å². The van der Waals surface area contributed by atoms with Crippen LogP contribution >= 0.6 is 34.8 Å². The molecular formula is C28H26Cl3N5O4. The maximum atomic E-state index is 13.9. The van der Waals surface area contributed by atoms with Crippen LogP contribution in [-0.2, 0) is 0 Å². The molecule has 1 unspecified atom stereocenters. The van der Waals surface area contributed by atoms with Crippen LogP contribution in [0.15, 0.2) is 65.5 Å². The molecule has 0 aliphatic heterocycles. The van der Waals surface area contributed by atoms with E-state index in [2.05, 4.69) is 10.6 Å². The number of halogens is 3. The Kier molecular flexibility index (Phi) is 8.30. The second-order valence-electron chi connectivity index (χ2n) is 9.97. The summed E-state index contributed by atoms with van der Waals surface area (Å²) in [6.07, 6.45) is -1.17. The summed E-state index contributed by atoms with van der Waals surface area (Å²) in [7, 11) is 0. The SMILES string of the molecule is CC(c1nc2cccc(Cl)c2c(=O)n1-c1cccc(NC(=O)Nc2c(Cl)cccc2Cl)c1)N(C(=O)O)C(C)(C)C. The summed E-state index contributed by atoms with van der Waals surface area (Å²) in [5.74, 6) is 0.182. The minimum atomic E-state index is -1.17. The fraction of sp³-hybridized carbons (Fsp3) is 0.214. The van der Waals surface area contributed by atoms with Gasteiger partial charge in [-0.25, -0.2) is 14.6 Å². The number of hydrogen-bond acceptors (Lipinski definition) is 4. The highest BCUT2D eigenvalue weighted by Gasteiger charge is 2.34. The number of benzene rings is 3. The van der Waals surface area contributed by atoms with Crippen LogP contribution in [0.2, 0.25) is 15.1 Å². The summed E-state index contributed by atoms with van der Waals surface area (Å²) in [4.78, 5) is 44.9. The average Bonchev–Trinajstić information content (AvgIpc) is 2.85. The molecule has 0 saturated heterocycles. The van der Waals surface area contributed by atoms with E-state index in [9.17, 15) is 19.5 Å². The predicted molar refractivity (Wildman–Crippen MR) is 159 cm³/mol. The van der Waals surface area contributed by atoms with Crippen LogP contribution in [0.4, 0.5) is 21.0 Å². The lowest BCUT2D eigenvalue weighted by Gasteiger charge is -2.38. The number of para-hydroxylation sites is 1. The Hall–Kier alpha value is -3.79. The highest BCUT2D eigenvalue weighted by atomic mass is 35.5. The van der Waals surface area contributed by atoms with Crippen LogP contribution < -0.4 is 16.2 Å². The highest BCUT2D eigenvalue weighted by molar-refractivity contribution is 6.39. The number of carbonyl (C=O) groups is 2. The van der Waals surface area contributed by atoms with Crippen molar-refractivity contribution >= 4 is 69.2 Å². The first-order chi connectivity index (χ1) is 18.8. The smallest absolute Gasteiger partial charge is 0.408 e. The molecule has 0 aliphatic rings. The Morgan fingerprint density at radius 3 is 2.17 bits per heavy atom. The molecule has 1 atom stereocenters. The molecule has 1 aromatic heterocycles. The summed E-state index contributed by atoms with van der Waals surface area (Å²) >= 11 is 18.7. The molecule has 0 saturated carbocycles. The van der Waals surface area contributed by atoms with Crippen molar-refractivity contribution in [3.05, 3.63) is 91.9 Å². The quantitative estimate of drug-likeness (QED) is 0.215. The standard InChI is InChI=1S/C28H26Cl3N5O4/c1-15(36(27(39)40)28(2,3)4)24-33-21-13-7-10-18(29)22(21)25(37)35(24)17-9-5-8-16(14-17)32-26(38)34-23-19(30)11-6-12-20(23)31/h5-15H,1-4H3,(H,39,40)(H2,32,34,38). The number of amides is 3. The van der Waals surface area contributed by atoms with Crippen molar-refractivity contribution in [2.75, 3.05) is 10.6 Å². The van der Waals surface area contributed by atoms with Gasteiger partial charge in [0, 0.05) is 11.2 Å². The minimum absolute atomic E-state index is 0.182. The van der Waals surface area contributed by atoms with Gasteiger partial charge in [0.25, 0.3) is 5.56 Å². The Morgan fingerprint density at radius 2 is 1.55 bits per heavy atom. The van der Waals surface area contributed by atoms with Gasteiger partial charge in [0.15, 0.2) is 0 Å². The molecule has 4 aromatic rings. The largest absolute Gasteiger partial charge is 0.465 e. The van der Waals surface area contributed by atoms with Crippen LogP contribution in [0.3, 0.4) is 0 Å². The molecular weight excluding hydrogens is 577 g/mol. The second-order valence-corrected chi connectivity index (χ2v) is 11.2. The molecule has 0 fully saturated rings. The van der Waals surface area contributed by atoms with E-state index in [1.165, 1.54) is 9.47 Å². The van der Waals surface area contributed by atoms with Crippen molar-refractivity contribution in [1.29, 1.82) is 0 Å². The third-order valence-electron chi connectivity index (χ3n) is 6.13. The van der Waals surface area contributed by atoms with E-state index in [-0.39, 0.29) is 32.0 Å². The molecule has 0 bridgehead atoms. The summed E-state index contributed by atoms with van der Waals surface area (Å²) < 4.78 is 1.31. The van der Waals surface area contributed by atoms with Crippen LogP contribution in [0.25, 0.3) is 16.6 Å². The molecule has 12 heteroatoms. The van der Waals surface area contributed by atoms with E-state index in [4.69, 9.17) is 39.8 Å². The average molecular weight is 603 g/mol.